The van der Waals surface area contributed by atoms with Gasteiger partial charge in [0.1, 0.15) is 5.60 Å². The van der Waals surface area contributed by atoms with E-state index in [1.165, 1.54) is 16.1 Å². The largest absolute Gasteiger partial charge is 0.444 e. The fraction of sp³-hybridized carbons (Fsp3) is 0.500. The molecule has 9 heteroatoms. The quantitative estimate of drug-likeness (QED) is 0.336. The summed E-state index contributed by atoms with van der Waals surface area (Å²) >= 11 is 1.66. The lowest BCUT2D eigenvalue weighted by Crippen LogP contribution is -2.50. The molecule has 3 aromatic rings. The predicted molar refractivity (Wildman–Crippen MR) is 172 cm³/mol. The molecule has 1 aromatic carbocycles. The summed E-state index contributed by atoms with van der Waals surface area (Å²) in [7, 11) is 0. The van der Waals surface area contributed by atoms with Gasteiger partial charge in [-0.1, -0.05) is 26.0 Å². The average molecular weight is 603 g/mol. The summed E-state index contributed by atoms with van der Waals surface area (Å²) in [5.74, 6) is 0.255. The van der Waals surface area contributed by atoms with E-state index < -0.39 is 5.60 Å². The van der Waals surface area contributed by atoms with Gasteiger partial charge in [0.15, 0.2) is 5.78 Å². The maximum atomic E-state index is 13.3. The molecule has 2 aliphatic heterocycles. The zero-order valence-electron chi connectivity index (χ0n) is 25.9. The number of ether oxygens (including phenoxy) is 2. The SMILES string of the molecule is CC1(C)CC(=O)c2sc(N3CCOCC3)c(-c3ccnc(-c4cccc(N5CCN(C(=O)OC(C)(C)C)CC5)c4)c3)c2C1. The molecular weight excluding hydrogens is 560 g/mol. The molecule has 1 amide bonds. The molecule has 0 atom stereocenters. The molecule has 2 fully saturated rings. The summed E-state index contributed by atoms with van der Waals surface area (Å²) in [5.41, 5.74) is 5.96. The van der Waals surface area contributed by atoms with Crippen LogP contribution in [0.4, 0.5) is 15.5 Å². The molecule has 228 valence electrons. The smallest absolute Gasteiger partial charge is 0.410 e. The Morgan fingerprint density at radius 2 is 1.70 bits per heavy atom. The lowest BCUT2D eigenvalue weighted by Gasteiger charge is -2.36. The third-order valence-corrected chi connectivity index (χ3v) is 9.66. The van der Waals surface area contributed by atoms with Crippen molar-refractivity contribution in [2.75, 3.05) is 62.3 Å². The molecule has 3 aliphatic rings. The van der Waals surface area contributed by atoms with Gasteiger partial charge in [-0.25, -0.2) is 4.79 Å². The van der Waals surface area contributed by atoms with E-state index in [4.69, 9.17) is 14.5 Å². The van der Waals surface area contributed by atoms with Crippen molar-refractivity contribution in [3.63, 3.8) is 0 Å². The Morgan fingerprint density at radius 3 is 2.42 bits per heavy atom. The molecule has 0 saturated carbocycles. The van der Waals surface area contributed by atoms with E-state index in [0.29, 0.717) is 32.7 Å². The molecule has 0 unspecified atom stereocenters. The lowest BCUT2D eigenvalue weighted by molar-refractivity contribution is 0.0240. The Labute approximate surface area is 258 Å². The van der Waals surface area contributed by atoms with Crippen molar-refractivity contribution in [2.45, 2.75) is 53.1 Å². The van der Waals surface area contributed by atoms with E-state index in [1.807, 2.05) is 27.0 Å². The number of rotatable bonds is 4. The molecule has 2 aromatic heterocycles. The topological polar surface area (TPSA) is 75.2 Å². The van der Waals surface area contributed by atoms with Crippen molar-refractivity contribution in [3.8, 4) is 22.4 Å². The van der Waals surface area contributed by atoms with E-state index in [9.17, 15) is 9.59 Å². The molecule has 2 saturated heterocycles. The van der Waals surface area contributed by atoms with Crippen LogP contribution < -0.4 is 9.80 Å². The highest BCUT2D eigenvalue weighted by atomic mass is 32.1. The van der Waals surface area contributed by atoms with E-state index in [-0.39, 0.29) is 17.3 Å². The zero-order valence-corrected chi connectivity index (χ0v) is 26.8. The summed E-state index contributed by atoms with van der Waals surface area (Å²) in [4.78, 5) is 38.0. The van der Waals surface area contributed by atoms with Gasteiger partial charge in [0, 0.05) is 68.7 Å². The highest BCUT2D eigenvalue weighted by Crippen LogP contribution is 2.49. The minimum Gasteiger partial charge on any atom is -0.444 e. The average Bonchev–Trinajstić information content (AvgIpc) is 3.36. The number of nitrogens with zero attached hydrogens (tertiary/aromatic N) is 4. The molecule has 0 radical (unpaired) electrons. The highest BCUT2D eigenvalue weighted by Gasteiger charge is 2.37. The van der Waals surface area contributed by atoms with E-state index >= 15 is 0 Å². The predicted octanol–water partition coefficient (Wildman–Crippen LogP) is 6.53. The maximum absolute atomic E-state index is 13.3. The van der Waals surface area contributed by atoms with Crippen molar-refractivity contribution in [1.82, 2.24) is 9.88 Å². The van der Waals surface area contributed by atoms with Gasteiger partial charge in [-0.2, -0.15) is 0 Å². The molecule has 0 spiro atoms. The fourth-order valence-corrected chi connectivity index (χ4v) is 7.60. The number of thiophene rings is 1. The first kappa shape index (κ1) is 29.6. The van der Waals surface area contributed by atoms with Gasteiger partial charge in [-0.15, -0.1) is 11.3 Å². The van der Waals surface area contributed by atoms with Gasteiger partial charge in [-0.05, 0) is 68.0 Å². The lowest BCUT2D eigenvalue weighted by atomic mass is 9.75. The first-order valence-electron chi connectivity index (χ1n) is 15.3. The number of carbonyl (C=O) groups excluding carboxylic acids is 2. The summed E-state index contributed by atoms with van der Waals surface area (Å²) in [5, 5.41) is 1.17. The minimum absolute atomic E-state index is 0.0696. The third-order valence-electron chi connectivity index (χ3n) is 8.32. The van der Waals surface area contributed by atoms with Crippen LogP contribution in [0.1, 0.15) is 56.3 Å². The Hall–Kier alpha value is -3.43. The number of anilines is 2. The number of piperazine rings is 1. The summed E-state index contributed by atoms with van der Waals surface area (Å²) in [6, 6.07) is 12.8. The van der Waals surface area contributed by atoms with Crippen molar-refractivity contribution in [3.05, 3.63) is 53.0 Å². The Kier molecular flexibility index (Phi) is 7.98. The van der Waals surface area contributed by atoms with Crippen LogP contribution in [0.15, 0.2) is 42.6 Å². The van der Waals surface area contributed by atoms with Crippen molar-refractivity contribution < 1.29 is 19.1 Å². The number of hydrogen-bond donors (Lipinski definition) is 0. The van der Waals surface area contributed by atoms with Crippen molar-refractivity contribution in [2.24, 2.45) is 5.41 Å². The first-order chi connectivity index (χ1) is 20.5. The van der Waals surface area contributed by atoms with Crippen LogP contribution in [-0.2, 0) is 15.9 Å². The number of hydrogen-bond acceptors (Lipinski definition) is 8. The highest BCUT2D eigenvalue weighted by molar-refractivity contribution is 7.19. The van der Waals surface area contributed by atoms with Gasteiger partial charge < -0.3 is 24.2 Å². The molecule has 6 rings (SSSR count). The molecule has 0 bridgehead atoms. The molecule has 4 heterocycles. The van der Waals surface area contributed by atoms with Crippen LogP contribution in [0.3, 0.4) is 0 Å². The van der Waals surface area contributed by atoms with Crippen molar-refractivity contribution in [1.29, 1.82) is 0 Å². The van der Waals surface area contributed by atoms with E-state index in [2.05, 4.69) is 60.0 Å². The maximum Gasteiger partial charge on any atom is 0.410 e. The number of ketones is 1. The minimum atomic E-state index is -0.499. The normalized spacial score (nSPS) is 18.9. The van der Waals surface area contributed by atoms with Crippen LogP contribution in [0, 0.1) is 5.41 Å². The van der Waals surface area contributed by atoms with Gasteiger partial charge >= 0.3 is 6.09 Å². The number of morpholine rings is 1. The van der Waals surface area contributed by atoms with Crippen LogP contribution in [0.5, 0.6) is 0 Å². The van der Waals surface area contributed by atoms with Gasteiger partial charge in [0.2, 0.25) is 0 Å². The van der Waals surface area contributed by atoms with Gasteiger partial charge in [-0.3, -0.25) is 9.78 Å². The fourth-order valence-electron chi connectivity index (χ4n) is 6.27. The molecular formula is C34H42N4O4S. The van der Waals surface area contributed by atoms with Gasteiger partial charge in [0.05, 0.1) is 28.8 Å². The van der Waals surface area contributed by atoms with Crippen LogP contribution in [0.25, 0.3) is 22.4 Å². The molecule has 8 nitrogen and oxygen atoms in total. The number of amides is 1. The number of carbonyl (C=O) groups is 2. The second-order valence-electron chi connectivity index (χ2n) is 13.6. The number of Topliss-reactive ketones (excluding diaryl/α,β-unsaturated/α-hetero) is 1. The number of pyridine rings is 1. The summed E-state index contributed by atoms with van der Waals surface area (Å²) < 4.78 is 11.2. The van der Waals surface area contributed by atoms with Crippen LogP contribution >= 0.6 is 11.3 Å². The molecule has 43 heavy (non-hydrogen) atoms. The standard InChI is InChI=1S/C34H42N4O4S/c1-33(2,3)42-32(40)38-13-11-36(12-14-38)25-8-6-7-23(19-25)27-20-24(9-10-35-27)29-26-21-34(4,5)22-28(39)30(26)43-31(29)37-15-17-41-18-16-37/h6-10,19-20H,11-18,21-22H2,1-5H3. The zero-order chi connectivity index (χ0) is 30.4. The monoisotopic (exact) mass is 602 g/mol. The van der Waals surface area contributed by atoms with Crippen LogP contribution in [-0.4, -0.2) is 79.8 Å². The van der Waals surface area contributed by atoms with Crippen molar-refractivity contribution >= 4 is 33.9 Å². The molecule has 1 aliphatic carbocycles. The second-order valence-corrected chi connectivity index (χ2v) is 14.6. The van der Waals surface area contributed by atoms with E-state index in [0.717, 1.165) is 60.0 Å². The number of benzene rings is 1. The second kappa shape index (κ2) is 11.6. The Balaban J connectivity index is 1.28. The third kappa shape index (κ3) is 6.43. The van der Waals surface area contributed by atoms with Gasteiger partial charge in [0.25, 0.3) is 0 Å². The first-order valence-corrected chi connectivity index (χ1v) is 16.1. The number of fused-ring (bicyclic) bond motifs is 1. The van der Waals surface area contributed by atoms with Crippen LogP contribution in [0.2, 0.25) is 0 Å². The Bertz CT molecular complexity index is 1510. The van der Waals surface area contributed by atoms with E-state index in [1.54, 1.807) is 16.2 Å². The Morgan fingerprint density at radius 1 is 0.953 bits per heavy atom. The molecule has 0 N–H and O–H groups in total. The summed E-state index contributed by atoms with van der Waals surface area (Å²) in [6.45, 7) is 15.8. The summed E-state index contributed by atoms with van der Waals surface area (Å²) in [6.07, 6.45) is 3.11. The number of aromatic nitrogens is 1.